The maximum atomic E-state index is 11.3. The molecule has 1 amide bonds. The molecule has 0 atom stereocenters. The minimum absolute atomic E-state index is 0.186. The van der Waals surface area contributed by atoms with Crippen LogP contribution in [0, 0.1) is 0 Å². The number of aryl methyl sites for hydroxylation is 2. The molecule has 1 aliphatic heterocycles. The number of carbonyl (C=O) groups is 1. The standard InChI is InChI=1S/C18H24N6O/c19-23-18(25)11-15-3-1-14(2-4-15)5-6-16-12-17(22-13-21-16)24-9-7-20-8-10-24/h1-4,12-13,20H,5-11,19H2,(H,23,25). The predicted molar refractivity (Wildman–Crippen MR) is 97.0 cm³/mol. The highest BCUT2D eigenvalue weighted by Gasteiger charge is 2.12. The Morgan fingerprint density at radius 1 is 1.12 bits per heavy atom. The van der Waals surface area contributed by atoms with E-state index in [2.05, 4.69) is 43.8 Å². The Balaban J connectivity index is 1.57. The molecule has 7 nitrogen and oxygen atoms in total. The first-order valence-electron chi connectivity index (χ1n) is 8.58. The lowest BCUT2D eigenvalue weighted by molar-refractivity contribution is -0.120. The molecule has 1 saturated heterocycles. The van der Waals surface area contributed by atoms with Crippen molar-refractivity contribution in [2.75, 3.05) is 31.1 Å². The monoisotopic (exact) mass is 340 g/mol. The van der Waals surface area contributed by atoms with E-state index in [1.165, 1.54) is 5.56 Å². The normalized spacial score (nSPS) is 14.4. The fourth-order valence-corrected chi connectivity index (χ4v) is 2.92. The van der Waals surface area contributed by atoms with E-state index in [1.807, 2.05) is 12.1 Å². The average Bonchev–Trinajstić information content (AvgIpc) is 2.68. The topological polar surface area (TPSA) is 96.2 Å². The molecule has 1 aromatic heterocycles. The number of hydrogen-bond donors (Lipinski definition) is 3. The molecule has 0 saturated carbocycles. The van der Waals surface area contributed by atoms with Gasteiger partial charge in [0.15, 0.2) is 0 Å². The summed E-state index contributed by atoms with van der Waals surface area (Å²) in [6.07, 6.45) is 3.73. The fraction of sp³-hybridized carbons (Fsp3) is 0.389. The van der Waals surface area contributed by atoms with Gasteiger partial charge < -0.3 is 10.2 Å². The third kappa shape index (κ3) is 4.98. The molecule has 132 valence electrons. The number of piperazine rings is 1. The Bertz CT molecular complexity index is 697. The van der Waals surface area contributed by atoms with Gasteiger partial charge in [0.1, 0.15) is 12.1 Å². The molecule has 4 N–H and O–H groups in total. The minimum atomic E-state index is -0.186. The van der Waals surface area contributed by atoms with E-state index >= 15 is 0 Å². The van der Waals surface area contributed by atoms with Crippen LogP contribution in [-0.4, -0.2) is 42.1 Å². The van der Waals surface area contributed by atoms with Crippen molar-refractivity contribution in [3.8, 4) is 0 Å². The van der Waals surface area contributed by atoms with Gasteiger partial charge in [-0.25, -0.2) is 15.8 Å². The molecule has 0 bridgehead atoms. The van der Waals surface area contributed by atoms with Gasteiger partial charge in [-0.3, -0.25) is 10.2 Å². The summed E-state index contributed by atoms with van der Waals surface area (Å²) in [6.45, 7) is 3.95. The number of anilines is 1. The van der Waals surface area contributed by atoms with Gasteiger partial charge in [-0.1, -0.05) is 24.3 Å². The second-order valence-corrected chi connectivity index (χ2v) is 6.17. The Labute approximate surface area is 147 Å². The summed E-state index contributed by atoms with van der Waals surface area (Å²) >= 11 is 0. The maximum Gasteiger partial charge on any atom is 0.238 e. The van der Waals surface area contributed by atoms with Crippen LogP contribution in [0.5, 0.6) is 0 Å². The van der Waals surface area contributed by atoms with Crippen LogP contribution in [0.1, 0.15) is 16.8 Å². The largest absolute Gasteiger partial charge is 0.354 e. The number of nitrogens with one attached hydrogen (secondary N) is 2. The van der Waals surface area contributed by atoms with Crippen LogP contribution in [0.3, 0.4) is 0 Å². The fourth-order valence-electron chi connectivity index (χ4n) is 2.92. The summed E-state index contributed by atoms with van der Waals surface area (Å²) in [5.74, 6) is 5.93. The number of benzene rings is 1. The number of amides is 1. The lowest BCUT2D eigenvalue weighted by Crippen LogP contribution is -2.43. The van der Waals surface area contributed by atoms with Crippen LogP contribution in [0.15, 0.2) is 36.7 Å². The second-order valence-electron chi connectivity index (χ2n) is 6.17. The second kappa shape index (κ2) is 8.55. The first-order valence-corrected chi connectivity index (χ1v) is 8.58. The Kier molecular flexibility index (Phi) is 5.92. The van der Waals surface area contributed by atoms with E-state index in [0.29, 0.717) is 6.42 Å². The van der Waals surface area contributed by atoms with E-state index in [1.54, 1.807) is 6.33 Å². The molecule has 0 radical (unpaired) electrons. The number of hydrazine groups is 1. The Morgan fingerprint density at radius 3 is 2.56 bits per heavy atom. The molecule has 2 aromatic rings. The molecule has 0 spiro atoms. The quantitative estimate of drug-likeness (QED) is 0.395. The highest BCUT2D eigenvalue weighted by Crippen LogP contribution is 2.14. The zero-order chi connectivity index (χ0) is 17.5. The SMILES string of the molecule is NNC(=O)Cc1ccc(CCc2cc(N3CCNCC3)ncn2)cc1. The molecular formula is C18H24N6O. The highest BCUT2D eigenvalue weighted by molar-refractivity contribution is 5.77. The minimum Gasteiger partial charge on any atom is -0.354 e. The molecule has 3 rings (SSSR count). The molecule has 2 heterocycles. The number of rotatable bonds is 6. The van der Waals surface area contributed by atoms with E-state index in [0.717, 1.165) is 56.1 Å². The van der Waals surface area contributed by atoms with Crippen molar-refractivity contribution >= 4 is 11.7 Å². The van der Waals surface area contributed by atoms with Gasteiger partial charge in [0.2, 0.25) is 5.91 Å². The van der Waals surface area contributed by atoms with E-state index < -0.39 is 0 Å². The number of hydrogen-bond acceptors (Lipinski definition) is 6. The molecular weight excluding hydrogens is 316 g/mol. The van der Waals surface area contributed by atoms with Gasteiger partial charge in [-0.15, -0.1) is 0 Å². The van der Waals surface area contributed by atoms with Gasteiger partial charge in [0, 0.05) is 37.9 Å². The first-order chi connectivity index (χ1) is 12.2. The lowest BCUT2D eigenvalue weighted by Gasteiger charge is -2.28. The predicted octanol–water partition coefficient (Wildman–Crippen LogP) is 0.204. The molecule has 0 aliphatic carbocycles. The summed E-state index contributed by atoms with van der Waals surface area (Å²) in [4.78, 5) is 22.4. The van der Waals surface area contributed by atoms with Crippen LogP contribution in [0.4, 0.5) is 5.82 Å². The summed E-state index contributed by atoms with van der Waals surface area (Å²) < 4.78 is 0. The Morgan fingerprint density at radius 2 is 1.84 bits per heavy atom. The van der Waals surface area contributed by atoms with Crippen molar-refractivity contribution in [1.29, 1.82) is 0 Å². The van der Waals surface area contributed by atoms with Gasteiger partial charge in [0.25, 0.3) is 0 Å². The first kappa shape index (κ1) is 17.3. The van der Waals surface area contributed by atoms with Crippen LogP contribution >= 0.6 is 0 Å². The summed E-state index contributed by atoms with van der Waals surface area (Å²) in [6, 6.07) is 10.1. The van der Waals surface area contributed by atoms with Crippen molar-refractivity contribution in [3.05, 3.63) is 53.5 Å². The number of nitrogens with zero attached hydrogens (tertiary/aromatic N) is 3. The van der Waals surface area contributed by atoms with E-state index in [-0.39, 0.29) is 5.91 Å². The number of nitrogens with two attached hydrogens (primary N) is 1. The van der Waals surface area contributed by atoms with Gasteiger partial charge in [-0.05, 0) is 24.0 Å². The van der Waals surface area contributed by atoms with Crippen LogP contribution in [0.2, 0.25) is 0 Å². The Hall–Kier alpha value is -2.51. The molecule has 1 aliphatic rings. The summed E-state index contributed by atoms with van der Waals surface area (Å²) in [5.41, 5.74) is 5.37. The smallest absolute Gasteiger partial charge is 0.238 e. The van der Waals surface area contributed by atoms with Gasteiger partial charge >= 0.3 is 0 Å². The average molecular weight is 340 g/mol. The van der Waals surface area contributed by atoms with Crippen LogP contribution in [-0.2, 0) is 24.1 Å². The van der Waals surface area contributed by atoms with Crippen molar-refractivity contribution in [1.82, 2.24) is 20.7 Å². The van der Waals surface area contributed by atoms with Crippen LogP contribution in [0.25, 0.3) is 0 Å². The zero-order valence-corrected chi connectivity index (χ0v) is 14.2. The summed E-state index contributed by atoms with van der Waals surface area (Å²) in [5, 5.41) is 3.35. The highest BCUT2D eigenvalue weighted by atomic mass is 16.2. The number of carbonyl (C=O) groups excluding carboxylic acids is 1. The summed E-state index contributed by atoms with van der Waals surface area (Å²) in [7, 11) is 0. The van der Waals surface area contributed by atoms with Crippen molar-refractivity contribution in [2.45, 2.75) is 19.3 Å². The lowest BCUT2D eigenvalue weighted by atomic mass is 10.0. The molecule has 0 unspecified atom stereocenters. The van der Waals surface area contributed by atoms with Crippen molar-refractivity contribution < 1.29 is 4.79 Å². The zero-order valence-electron chi connectivity index (χ0n) is 14.2. The third-order valence-corrected chi connectivity index (χ3v) is 4.37. The molecule has 1 aromatic carbocycles. The maximum absolute atomic E-state index is 11.3. The number of aromatic nitrogens is 2. The van der Waals surface area contributed by atoms with Crippen molar-refractivity contribution in [2.24, 2.45) is 5.84 Å². The van der Waals surface area contributed by atoms with Crippen LogP contribution < -0.4 is 21.5 Å². The molecule has 25 heavy (non-hydrogen) atoms. The van der Waals surface area contributed by atoms with E-state index in [9.17, 15) is 4.79 Å². The third-order valence-electron chi connectivity index (χ3n) is 4.37. The van der Waals surface area contributed by atoms with E-state index in [4.69, 9.17) is 5.84 Å². The molecule has 1 fully saturated rings. The molecule has 7 heteroatoms. The van der Waals surface area contributed by atoms with Crippen molar-refractivity contribution in [3.63, 3.8) is 0 Å². The van der Waals surface area contributed by atoms with Gasteiger partial charge in [0.05, 0.1) is 6.42 Å². The van der Waals surface area contributed by atoms with Gasteiger partial charge in [-0.2, -0.15) is 0 Å².